The maximum absolute atomic E-state index is 11.3. The Balaban J connectivity index is 2.58. The minimum atomic E-state index is -1.05. The van der Waals surface area contributed by atoms with E-state index in [0.29, 0.717) is 12.3 Å². The van der Waals surface area contributed by atoms with Crippen LogP contribution in [-0.2, 0) is 12.8 Å². The van der Waals surface area contributed by atoms with Crippen LogP contribution in [0.3, 0.4) is 0 Å². The van der Waals surface area contributed by atoms with Gasteiger partial charge in [0, 0.05) is 0 Å². The second-order valence-corrected chi connectivity index (χ2v) is 5.14. The van der Waals surface area contributed by atoms with Crippen molar-refractivity contribution in [2.24, 2.45) is 5.92 Å². The Kier molecular flexibility index (Phi) is 3.16. The summed E-state index contributed by atoms with van der Waals surface area (Å²) in [4.78, 5) is 11.3. The lowest BCUT2D eigenvalue weighted by Gasteiger charge is -2.28. The van der Waals surface area contributed by atoms with Gasteiger partial charge < -0.3 is 10.2 Å². The lowest BCUT2D eigenvalue weighted by Crippen LogP contribution is -2.19. The zero-order chi connectivity index (χ0) is 13.4. The standard InChI is InChI=1S/C15H18O3/c1-8(2)10-4-5-11-9(3)6-13(16)14(15(17)18)12(11)7-10/h6,10,16H,1,4-5,7H2,2-3H3,(H,17,18)/t10-/m1/s1. The smallest absolute Gasteiger partial charge is 0.339 e. The first-order valence-electron chi connectivity index (χ1n) is 6.14. The molecule has 0 amide bonds. The SMILES string of the molecule is C=C(C)[C@@H]1CCc2c(C)cc(O)c(C(=O)O)c2C1. The molecule has 0 heterocycles. The zero-order valence-electron chi connectivity index (χ0n) is 10.8. The van der Waals surface area contributed by atoms with Crippen LogP contribution >= 0.6 is 0 Å². The van der Waals surface area contributed by atoms with Crippen LogP contribution in [0.25, 0.3) is 0 Å². The number of carboxylic acids is 1. The van der Waals surface area contributed by atoms with Crippen LogP contribution < -0.4 is 0 Å². The van der Waals surface area contributed by atoms with Crippen molar-refractivity contribution in [3.05, 3.63) is 40.5 Å². The van der Waals surface area contributed by atoms with Crippen molar-refractivity contribution in [1.29, 1.82) is 0 Å². The molecule has 0 radical (unpaired) electrons. The number of allylic oxidation sites excluding steroid dienone is 1. The van der Waals surface area contributed by atoms with Crippen LogP contribution in [-0.4, -0.2) is 16.2 Å². The molecular weight excluding hydrogens is 228 g/mol. The van der Waals surface area contributed by atoms with E-state index in [0.717, 1.165) is 35.1 Å². The van der Waals surface area contributed by atoms with Crippen molar-refractivity contribution >= 4 is 5.97 Å². The molecule has 0 aromatic heterocycles. The minimum Gasteiger partial charge on any atom is -0.507 e. The monoisotopic (exact) mass is 246 g/mol. The van der Waals surface area contributed by atoms with Gasteiger partial charge in [-0.25, -0.2) is 4.79 Å². The van der Waals surface area contributed by atoms with Crippen molar-refractivity contribution < 1.29 is 15.0 Å². The van der Waals surface area contributed by atoms with Gasteiger partial charge in [0.15, 0.2) is 0 Å². The van der Waals surface area contributed by atoms with E-state index in [4.69, 9.17) is 0 Å². The molecule has 0 fully saturated rings. The maximum atomic E-state index is 11.3. The Morgan fingerprint density at radius 3 is 2.67 bits per heavy atom. The van der Waals surface area contributed by atoms with Crippen LogP contribution in [0.5, 0.6) is 5.75 Å². The highest BCUT2D eigenvalue weighted by atomic mass is 16.4. The summed E-state index contributed by atoms with van der Waals surface area (Å²) >= 11 is 0. The molecule has 18 heavy (non-hydrogen) atoms. The van der Waals surface area contributed by atoms with Crippen molar-refractivity contribution in [3.63, 3.8) is 0 Å². The average molecular weight is 246 g/mol. The van der Waals surface area contributed by atoms with Gasteiger partial charge in [0.1, 0.15) is 11.3 Å². The molecule has 1 aromatic rings. The van der Waals surface area contributed by atoms with E-state index in [2.05, 4.69) is 6.58 Å². The predicted octanol–water partition coefficient (Wildman–Crippen LogP) is 3.08. The van der Waals surface area contributed by atoms with Crippen molar-refractivity contribution in [1.82, 2.24) is 0 Å². The number of hydrogen-bond donors (Lipinski definition) is 2. The molecule has 3 heteroatoms. The van der Waals surface area contributed by atoms with E-state index in [1.807, 2.05) is 13.8 Å². The molecule has 1 aromatic carbocycles. The summed E-state index contributed by atoms with van der Waals surface area (Å²) in [6.07, 6.45) is 2.54. The first-order valence-corrected chi connectivity index (χ1v) is 6.14. The molecule has 1 aliphatic rings. The Morgan fingerprint density at radius 2 is 2.11 bits per heavy atom. The van der Waals surface area contributed by atoms with Crippen LogP contribution in [0.4, 0.5) is 0 Å². The normalized spacial score (nSPS) is 18.2. The average Bonchev–Trinajstić information content (AvgIpc) is 2.27. The second kappa shape index (κ2) is 4.48. The van der Waals surface area contributed by atoms with E-state index >= 15 is 0 Å². The second-order valence-electron chi connectivity index (χ2n) is 5.14. The van der Waals surface area contributed by atoms with E-state index in [9.17, 15) is 15.0 Å². The fourth-order valence-corrected chi connectivity index (χ4v) is 2.81. The highest BCUT2D eigenvalue weighted by molar-refractivity contribution is 5.93. The molecule has 2 N–H and O–H groups in total. The number of carbonyl (C=O) groups is 1. The van der Waals surface area contributed by atoms with Gasteiger partial charge in [0.05, 0.1) is 0 Å². The summed E-state index contributed by atoms with van der Waals surface area (Å²) in [6.45, 7) is 7.86. The third-order valence-corrected chi connectivity index (χ3v) is 3.86. The Morgan fingerprint density at radius 1 is 1.44 bits per heavy atom. The van der Waals surface area contributed by atoms with Gasteiger partial charge in [-0.3, -0.25) is 0 Å². The highest BCUT2D eigenvalue weighted by Crippen LogP contribution is 2.37. The molecule has 0 spiro atoms. The fraction of sp³-hybridized carbons (Fsp3) is 0.400. The molecule has 3 nitrogen and oxygen atoms in total. The molecule has 1 atom stereocenters. The number of phenols is 1. The summed E-state index contributed by atoms with van der Waals surface area (Å²) in [6, 6.07) is 1.56. The number of hydrogen-bond acceptors (Lipinski definition) is 2. The van der Waals surface area contributed by atoms with E-state index < -0.39 is 5.97 Å². The largest absolute Gasteiger partial charge is 0.507 e. The molecule has 0 unspecified atom stereocenters. The maximum Gasteiger partial charge on any atom is 0.339 e. The molecule has 0 saturated carbocycles. The fourth-order valence-electron chi connectivity index (χ4n) is 2.81. The summed E-state index contributed by atoms with van der Waals surface area (Å²) in [5.74, 6) is -0.857. The molecule has 0 saturated heterocycles. The van der Waals surface area contributed by atoms with Gasteiger partial charge in [-0.2, -0.15) is 0 Å². The lowest BCUT2D eigenvalue weighted by atomic mass is 9.77. The Labute approximate surface area is 107 Å². The van der Waals surface area contributed by atoms with Gasteiger partial charge in [-0.15, -0.1) is 0 Å². The van der Waals surface area contributed by atoms with Gasteiger partial charge >= 0.3 is 5.97 Å². The number of aromatic carboxylic acids is 1. The molecule has 1 aliphatic carbocycles. The van der Waals surface area contributed by atoms with Crippen LogP contribution in [0.1, 0.15) is 40.4 Å². The lowest BCUT2D eigenvalue weighted by molar-refractivity contribution is 0.0692. The number of benzene rings is 1. The summed E-state index contributed by atoms with van der Waals surface area (Å²) in [5, 5.41) is 19.1. The number of carboxylic acid groups (broad SMARTS) is 1. The van der Waals surface area contributed by atoms with Crippen molar-refractivity contribution in [2.75, 3.05) is 0 Å². The number of fused-ring (bicyclic) bond motifs is 1. The third kappa shape index (κ3) is 2.01. The number of rotatable bonds is 2. The van der Waals surface area contributed by atoms with E-state index in [1.165, 1.54) is 0 Å². The van der Waals surface area contributed by atoms with Gasteiger partial charge in [0.25, 0.3) is 0 Å². The van der Waals surface area contributed by atoms with Crippen LogP contribution in [0.15, 0.2) is 18.2 Å². The molecule has 0 aliphatic heterocycles. The zero-order valence-corrected chi connectivity index (χ0v) is 10.8. The quantitative estimate of drug-likeness (QED) is 0.788. The molecule has 0 bridgehead atoms. The topological polar surface area (TPSA) is 57.5 Å². The molecule has 96 valence electrons. The predicted molar refractivity (Wildman–Crippen MR) is 70.1 cm³/mol. The van der Waals surface area contributed by atoms with E-state index in [1.54, 1.807) is 6.07 Å². The first kappa shape index (κ1) is 12.7. The number of aryl methyl sites for hydroxylation is 1. The molecular formula is C15H18O3. The summed E-state index contributed by atoms with van der Waals surface area (Å²) in [5.41, 5.74) is 4.01. The number of aromatic hydroxyl groups is 1. The van der Waals surface area contributed by atoms with Gasteiger partial charge in [-0.1, -0.05) is 12.2 Å². The Hall–Kier alpha value is -1.77. The summed E-state index contributed by atoms with van der Waals surface area (Å²) in [7, 11) is 0. The highest BCUT2D eigenvalue weighted by Gasteiger charge is 2.27. The first-order chi connectivity index (χ1) is 8.41. The molecule has 2 rings (SSSR count). The Bertz CT molecular complexity index is 529. The van der Waals surface area contributed by atoms with Crippen LogP contribution in [0.2, 0.25) is 0 Å². The van der Waals surface area contributed by atoms with Crippen molar-refractivity contribution in [2.45, 2.75) is 33.1 Å². The van der Waals surface area contributed by atoms with Gasteiger partial charge in [0.2, 0.25) is 0 Å². The summed E-state index contributed by atoms with van der Waals surface area (Å²) < 4.78 is 0. The third-order valence-electron chi connectivity index (χ3n) is 3.86. The minimum absolute atomic E-state index is 0.0709. The van der Waals surface area contributed by atoms with Crippen LogP contribution in [0, 0.1) is 12.8 Å². The van der Waals surface area contributed by atoms with Crippen molar-refractivity contribution in [3.8, 4) is 5.75 Å². The van der Waals surface area contributed by atoms with E-state index in [-0.39, 0.29) is 11.3 Å². The van der Waals surface area contributed by atoms with Gasteiger partial charge in [-0.05, 0) is 61.8 Å².